The fourth-order valence-corrected chi connectivity index (χ4v) is 4.44. The quantitative estimate of drug-likeness (QED) is 0.527. The summed E-state index contributed by atoms with van der Waals surface area (Å²) in [6.07, 6.45) is 0.812. The lowest BCUT2D eigenvalue weighted by molar-refractivity contribution is 0.0739. The summed E-state index contributed by atoms with van der Waals surface area (Å²) >= 11 is 1.46. The first-order valence-electron chi connectivity index (χ1n) is 9.79. The van der Waals surface area contributed by atoms with Crippen LogP contribution in [0, 0.1) is 0 Å². The average molecular weight is 414 g/mol. The number of hydrogen-bond acceptors (Lipinski definition) is 4. The van der Waals surface area contributed by atoms with Crippen LogP contribution < -0.4 is 5.32 Å². The fourth-order valence-electron chi connectivity index (χ4n) is 3.75. The van der Waals surface area contributed by atoms with Crippen LogP contribution in [0.1, 0.15) is 31.3 Å². The normalized spacial score (nSPS) is 13.1. The maximum atomic E-state index is 12.7. The predicted molar refractivity (Wildman–Crippen MR) is 119 cm³/mol. The van der Waals surface area contributed by atoms with Crippen molar-refractivity contribution in [3.05, 3.63) is 93.8 Å². The second kappa shape index (κ2) is 7.72. The molecule has 0 saturated carbocycles. The summed E-state index contributed by atoms with van der Waals surface area (Å²) in [5.74, 6) is -0.187. The van der Waals surface area contributed by atoms with E-state index in [1.165, 1.54) is 16.9 Å². The van der Waals surface area contributed by atoms with Crippen molar-refractivity contribution in [1.82, 2.24) is 9.88 Å². The molecule has 0 saturated heterocycles. The summed E-state index contributed by atoms with van der Waals surface area (Å²) in [6.45, 7) is 1.25. The third kappa shape index (κ3) is 3.57. The monoisotopic (exact) mass is 413 g/mol. The molecule has 0 spiro atoms. The largest absolute Gasteiger partial charge is 0.333 e. The number of para-hydroxylation sites is 1. The summed E-state index contributed by atoms with van der Waals surface area (Å²) < 4.78 is 0. The highest BCUT2D eigenvalue weighted by molar-refractivity contribution is 7.12. The highest BCUT2D eigenvalue weighted by Gasteiger charge is 2.23. The molecule has 2 aromatic heterocycles. The molecule has 0 unspecified atom stereocenters. The lowest BCUT2D eigenvalue weighted by Crippen LogP contribution is -2.35. The van der Waals surface area contributed by atoms with E-state index in [2.05, 4.69) is 10.3 Å². The Bertz CT molecular complexity index is 1250. The molecule has 1 aliphatic rings. The third-order valence-corrected chi connectivity index (χ3v) is 6.18. The van der Waals surface area contributed by atoms with Crippen LogP contribution in [0.2, 0.25) is 0 Å². The molecule has 1 aliphatic heterocycles. The molecule has 0 radical (unpaired) electrons. The number of nitrogens with one attached hydrogen (secondary N) is 1. The number of anilines is 1. The van der Waals surface area contributed by atoms with Gasteiger partial charge in [0.25, 0.3) is 11.8 Å². The van der Waals surface area contributed by atoms with Crippen LogP contribution in [0.3, 0.4) is 0 Å². The highest BCUT2D eigenvalue weighted by Crippen LogP contribution is 2.25. The molecule has 3 heterocycles. The van der Waals surface area contributed by atoms with E-state index in [1.807, 2.05) is 70.9 Å². The van der Waals surface area contributed by atoms with Gasteiger partial charge in [-0.1, -0.05) is 36.4 Å². The Morgan fingerprint density at radius 2 is 1.87 bits per heavy atom. The lowest BCUT2D eigenvalue weighted by Gasteiger charge is -2.29. The second-order valence-corrected chi connectivity index (χ2v) is 8.23. The van der Waals surface area contributed by atoms with Crippen molar-refractivity contribution in [2.45, 2.75) is 13.0 Å². The first kappa shape index (κ1) is 18.5. The van der Waals surface area contributed by atoms with Gasteiger partial charge in [0.05, 0.1) is 10.4 Å². The van der Waals surface area contributed by atoms with Crippen LogP contribution in [0.4, 0.5) is 5.69 Å². The van der Waals surface area contributed by atoms with Gasteiger partial charge in [-0.2, -0.15) is 0 Å². The van der Waals surface area contributed by atoms with E-state index < -0.39 is 0 Å². The Morgan fingerprint density at radius 3 is 2.73 bits per heavy atom. The molecule has 0 atom stereocenters. The molecule has 5 rings (SSSR count). The summed E-state index contributed by atoms with van der Waals surface area (Å²) in [6, 6.07) is 21.0. The van der Waals surface area contributed by atoms with Gasteiger partial charge in [0.15, 0.2) is 0 Å². The summed E-state index contributed by atoms with van der Waals surface area (Å²) in [7, 11) is 0. The zero-order valence-electron chi connectivity index (χ0n) is 16.2. The van der Waals surface area contributed by atoms with Gasteiger partial charge in [0, 0.05) is 24.2 Å². The van der Waals surface area contributed by atoms with Gasteiger partial charge < -0.3 is 10.2 Å². The molecule has 6 heteroatoms. The van der Waals surface area contributed by atoms with E-state index in [0.29, 0.717) is 24.5 Å². The number of aromatic nitrogens is 1. The Balaban J connectivity index is 1.34. The number of amides is 2. The van der Waals surface area contributed by atoms with Crippen LogP contribution in [0.15, 0.2) is 72.1 Å². The molecule has 0 aliphatic carbocycles. The third-order valence-electron chi connectivity index (χ3n) is 5.33. The molecule has 1 N–H and O–H groups in total. The van der Waals surface area contributed by atoms with Crippen LogP contribution in [0.5, 0.6) is 0 Å². The van der Waals surface area contributed by atoms with Crippen molar-refractivity contribution < 1.29 is 9.59 Å². The molecule has 0 fully saturated rings. The van der Waals surface area contributed by atoms with Crippen LogP contribution >= 0.6 is 11.3 Å². The minimum Gasteiger partial charge on any atom is -0.333 e. The number of carbonyl (C=O) groups is 2. The van der Waals surface area contributed by atoms with Crippen molar-refractivity contribution in [3.8, 4) is 0 Å². The van der Waals surface area contributed by atoms with E-state index in [4.69, 9.17) is 0 Å². The number of thiophene rings is 1. The minimum absolute atomic E-state index is 0.0606. The standard InChI is InChI=1S/C24H19N3O2S/c28-23(21-10-8-17-4-1-2-5-20(17)26-21)25-19-9-7-16-11-12-27(15-18(16)14-19)24(29)22-6-3-13-30-22/h1-10,13-14H,11-12,15H2,(H,25,28). The average Bonchev–Trinajstić information content (AvgIpc) is 3.32. The molecule has 148 valence electrons. The summed E-state index contributed by atoms with van der Waals surface area (Å²) in [5.41, 5.74) is 4.15. The maximum Gasteiger partial charge on any atom is 0.274 e. The number of nitrogens with zero attached hydrogens (tertiary/aromatic N) is 2. The Kier molecular flexibility index (Phi) is 4.77. The van der Waals surface area contributed by atoms with E-state index in [1.54, 1.807) is 6.07 Å². The SMILES string of the molecule is O=C(Nc1ccc2c(c1)CN(C(=O)c1cccs1)CC2)c1ccc2ccccc2n1. The molecular weight excluding hydrogens is 394 g/mol. The second-order valence-electron chi connectivity index (χ2n) is 7.28. The van der Waals surface area contributed by atoms with Crippen LogP contribution in [-0.4, -0.2) is 28.2 Å². The molecule has 5 nitrogen and oxygen atoms in total. The number of fused-ring (bicyclic) bond motifs is 2. The number of hydrogen-bond donors (Lipinski definition) is 1. The summed E-state index contributed by atoms with van der Waals surface area (Å²) in [4.78, 5) is 32.5. The fraction of sp³-hybridized carbons (Fsp3) is 0.125. The molecule has 30 heavy (non-hydrogen) atoms. The molecular formula is C24H19N3O2S. The van der Waals surface area contributed by atoms with Crippen molar-refractivity contribution in [2.24, 2.45) is 0 Å². The van der Waals surface area contributed by atoms with Gasteiger partial charge in [-0.3, -0.25) is 9.59 Å². The van der Waals surface area contributed by atoms with Crippen LogP contribution in [-0.2, 0) is 13.0 Å². The van der Waals surface area contributed by atoms with E-state index in [-0.39, 0.29) is 11.8 Å². The van der Waals surface area contributed by atoms with Crippen LogP contribution in [0.25, 0.3) is 10.9 Å². The first-order chi connectivity index (χ1) is 14.7. The number of rotatable bonds is 3. The zero-order chi connectivity index (χ0) is 20.5. The Hall–Kier alpha value is -3.51. The number of carbonyl (C=O) groups excluding carboxylic acids is 2. The lowest BCUT2D eigenvalue weighted by atomic mass is 9.99. The van der Waals surface area contributed by atoms with Gasteiger partial charge in [-0.05, 0) is 53.3 Å². The zero-order valence-corrected chi connectivity index (χ0v) is 17.0. The van der Waals surface area contributed by atoms with Gasteiger partial charge in [0.2, 0.25) is 0 Å². The van der Waals surface area contributed by atoms with Gasteiger partial charge in [-0.15, -0.1) is 11.3 Å². The summed E-state index contributed by atoms with van der Waals surface area (Å²) in [5, 5.41) is 5.86. The molecule has 2 aromatic carbocycles. The minimum atomic E-state index is -0.247. The maximum absolute atomic E-state index is 12.7. The van der Waals surface area contributed by atoms with Gasteiger partial charge in [-0.25, -0.2) is 4.98 Å². The first-order valence-corrected chi connectivity index (χ1v) is 10.7. The molecule has 4 aromatic rings. The van der Waals surface area contributed by atoms with Gasteiger partial charge in [0.1, 0.15) is 5.69 Å². The van der Waals surface area contributed by atoms with E-state index >= 15 is 0 Å². The van der Waals surface area contributed by atoms with Crippen molar-refractivity contribution in [1.29, 1.82) is 0 Å². The molecule has 2 amide bonds. The Labute approximate surface area is 178 Å². The molecule has 0 bridgehead atoms. The smallest absolute Gasteiger partial charge is 0.274 e. The number of pyridine rings is 1. The van der Waals surface area contributed by atoms with Gasteiger partial charge >= 0.3 is 0 Å². The van der Waals surface area contributed by atoms with E-state index in [0.717, 1.165) is 27.8 Å². The topological polar surface area (TPSA) is 62.3 Å². The predicted octanol–water partition coefficient (Wildman–Crippen LogP) is 4.75. The van der Waals surface area contributed by atoms with E-state index in [9.17, 15) is 9.59 Å². The number of benzene rings is 2. The van der Waals surface area contributed by atoms with Crippen molar-refractivity contribution in [3.63, 3.8) is 0 Å². The highest BCUT2D eigenvalue weighted by atomic mass is 32.1. The van der Waals surface area contributed by atoms with Crippen molar-refractivity contribution >= 4 is 39.7 Å². The van der Waals surface area contributed by atoms with Crippen molar-refractivity contribution in [2.75, 3.05) is 11.9 Å². The Morgan fingerprint density at radius 1 is 0.967 bits per heavy atom.